The van der Waals surface area contributed by atoms with Crippen molar-refractivity contribution in [2.24, 2.45) is 5.41 Å². The molecule has 0 bridgehead atoms. The lowest BCUT2D eigenvalue weighted by Crippen LogP contribution is -2.48. The third kappa shape index (κ3) is 2.51. The van der Waals surface area contributed by atoms with Crippen molar-refractivity contribution >= 4 is 11.8 Å². The first kappa shape index (κ1) is 13.3. The minimum atomic E-state index is -0.942. The van der Waals surface area contributed by atoms with Crippen LogP contribution in [0.25, 0.3) is 0 Å². The third-order valence-electron chi connectivity index (χ3n) is 3.72. The number of carboxylic acid groups (broad SMARTS) is 1. The quantitative estimate of drug-likeness (QED) is 0.606. The van der Waals surface area contributed by atoms with Crippen LogP contribution in [0.2, 0.25) is 0 Å². The molecule has 8 heteroatoms. The van der Waals surface area contributed by atoms with E-state index >= 15 is 0 Å². The number of carboxylic acids is 1. The van der Waals surface area contributed by atoms with Gasteiger partial charge in [0.1, 0.15) is 0 Å². The molecule has 0 radical (unpaired) electrons. The van der Waals surface area contributed by atoms with Crippen molar-refractivity contribution < 1.29 is 9.90 Å². The molecule has 2 unspecified atom stereocenters. The van der Waals surface area contributed by atoms with Crippen molar-refractivity contribution in [1.82, 2.24) is 15.2 Å². The number of hydrogen-bond acceptors (Lipinski definition) is 5. The number of nitrogens with one attached hydrogen (secondary N) is 3. The number of H-pyrrole nitrogens is 2. The van der Waals surface area contributed by atoms with Crippen molar-refractivity contribution in [3.8, 4) is 0 Å². The van der Waals surface area contributed by atoms with Gasteiger partial charge in [0.25, 0.3) is 5.56 Å². The molecule has 1 aliphatic carbocycles. The van der Waals surface area contributed by atoms with Crippen LogP contribution in [0.3, 0.4) is 0 Å². The highest BCUT2D eigenvalue weighted by molar-refractivity contribution is 5.76. The Morgan fingerprint density at radius 2 is 2.21 bits per heavy atom. The lowest BCUT2D eigenvalue weighted by Gasteiger charge is -2.38. The zero-order valence-corrected chi connectivity index (χ0v) is 10.5. The van der Waals surface area contributed by atoms with Gasteiger partial charge < -0.3 is 10.4 Å². The average Bonchev–Trinajstić information content (AvgIpc) is 2.35. The largest absolute Gasteiger partial charge is 0.481 e. The summed E-state index contributed by atoms with van der Waals surface area (Å²) < 4.78 is 0. The van der Waals surface area contributed by atoms with E-state index in [1.54, 1.807) is 6.92 Å². The van der Waals surface area contributed by atoms with Crippen LogP contribution in [0.1, 0.15) is 32.6 Å². The van der Waals surface area contributed by atoms with E-state index < -0.39 is 28.7 Å². The highest BCUT2D eigenvalue weighted by atomic mass is 16.4. The summed E-state index contributed by atoms with van der Waals surface area (Å²) in [5.41, 5.74) is -2.29. The van der Waals surface area contributed by atoms with Gasteiger partial charge in [-0.25, -0.2) is 9.89 Å². The second-order valence-electron chi connectivity index (χ2n) is 5.02. The maximum absolute atomic E-state index is 11.5. The van der Waals surface area contributed by atoms with Crippen LogP contribution in [0.4, 0.5) is 5.82 Å². The number of rotatable bonds is 3. The summed E-state index contributed by atoms with van der Waals surface area (Å²) in [7, 11) is 0. The summed E-state index contributed by atoms with van der Waals surface area (Å²) in [5.74, 6) is -0.954. The van der Waals surface area contributed by atoms with Crippen molar-refractivity contribution in [1.29, 1.82) is 0 Å². The number of anilines is 1. The molecule has 104 valence electrons. The Bertz CT molecular complexity index is 593. The van der Waals surface area contributed by atoms with E-state index in [2.05, 4.69) is 15.5 Å². The number of aliphatic carboxylic acids is 1. The molecule has 0 saturated heterocycles. The predicted molar refractivity (Wildman–Crippen MR) is 67.1 cm³/mol. The fourth-order valence-corrected chi connectivity index (χ4v) is 2.43. The highest BCUT2D eigenvalue weighted by Gasteiger charge is 2.43. The molecular formula is C11H16N4O4. The molecule has 19 heavy (non-hydrogen) atoms. The summed E-state index contributed by atoms with van der Waals surface area (Å²) in [6.07, 6.45) is 2.92. The first-order chi connectivity index (χ1) is 8.93. The molecule has 4 N–H and O–H groups in total. The highest BCUT2D eigenvalue weighted by Crippen LogP contribution is 2.37. The molecule has 2 rings (SSSR count). The molecule has 0 aliphatic heterocycles. The van der Waals surface area contributed by atoms with Gasteiger partial charge in [-0.05, 0) is 19.8 Å². The summed E-state index contributed by atoms with van der Waals surface area (Å²) in [5, 5.41) is 17.9. The molecule has 1 aromatic rings. The Kier molecular flexibility index (Phi) is 3.41. The summed E-state index contributed by atoms with van der Waals surface area (Å²) in [6, 6.07) is -0.391. The molecular weight excluding hydrogens is 252 g/mol. The average molecular weight is 268 g/mol. The molecule has 1 fully saturated rings. The number of hydrogen-bond donors (Lipinski definition) is 4. The summed E-state index contributed by atoms with van der Waals surface area (Å²) >= 11 is 0. The SMILES string of the molecule is CC1(C(=O)O)CCCCC1Nc1n[nH]c(=O)[nH]c1=O. The predicted octanol–water partition coefficient (Wildman–Crippen LogP) is -0.0964. The van der Waals surface area contributed by atoms with Gasteiger partial charge >= 0.3 is 11.7 Å². The zero-order chi connectivity index (χ0) is 14.0. The molecule has 1 saturated carbocycles. The van der Waals surface area contributed by atoms with Gasteiger partial charge in [-0.2, -0.15) is 0 Å². The maximum atomic E-state index is 11.5. The maximum Gasteiger partial charge on any atom is 0.342 e. The molecule has 1 aliphatic rings. The van der Waals surface area contributed by atoms with E-state index in [-0.39, 0.29) is 5.82 Å². The Balaban J connectivity index is 2.27. The molecule has 0 amide bonds. The van der Waals surface area contributed by atoms with Gasteiger partial charge in [0.15, 0.2) is 0 Å². The standard InChI is InChI=1S/C11H16N4O4/c1-11(9(17)18)5-3-2-4-6(11)12-7-8(16)13-10(19)15-14-7/h6H,2-5H2,1H3,(H,12,14)(H,17,18)(H2,13,15,16,19). The molecule has 1 aromatic heterocycles. The number of aromatic amines is 2. The van der Waals surface area contributed by atoms with Crippen LogP contribution in [0, 0.1) is 5.41 Å². The Hall–Kier alpha value is -2.12. The van der Waals surface area contributed by atoms with Crippen molar-refractivity contribution in [2.45, 2.75) is 38.6 Å². The Morgan fingerprint density at radius 1 is 1.47 bits per heavy atom. The van der Waals surface area contributed by atoms with E-state index in [0.717, 1.165) is 12.8 Å². The van der Waals surface area contributed by atoms with Gasteiger partial charge in [-0.15, -0.1) is 5.10 Å². The molecule has 8 nitrogen and oxygen atoms in total. The van der Waals surface area contributed by atoms with Crippen LogP contribution in [-0.4, -0.2) is 32.3 Å². The number of nitrogens with zero attached hydrogens (tertiary/aromatic N) is 1. The van der Waals surface area contributed by atoms with Crippen LogP contribution in [0.5, 0.6) is 0 Å². The van der Waals surface area contributed by atoms with Crippen LogP contribution < -0.4 is 16.6 Å². The Labute approximate surface area is 108 Å². The number of carbonyl (C=O) groups is 1. The van der Waals surface area contributed by atoms with E-state index in [0.29, 0.717) is 12.8 Å². The lowest BCUT2D eigenvalue weighted by atomic mass is 9.71. The Morgan fingerprint density at radius 3 is 2.84 bits per heavy atom. The smallest absolute Gasteiger partial charge is 0.342 e. The fraction of sp³-hybridized carbons (Fsp3) is 0.636. The topological polar surface area (TPSA) is 128 Å². The van der Waals surface area contributed by atoms with E-state index in [4.69, 9.17) is 0 Å². The summed E-state index contributed by atoms with van der Waals surface area (Å²) in [6.45, 7) is 1.66. The van der Waals surface area contributed by atoms with Gasteiger partial charge in [-0.3, -0.25) is 14.6 Å². The van der Waals surface area contributed by atoms with Crippen molar-refractivity contribution in [2.75, 3.05) is 5.32 Å². The zero-order valence-electron chi connectivity index (χ0n) is 10.5. The van der Waals surface area contributed by atoms with Gasteiger partial charge in [0, 0.05) is 6.04 Å². The second-order valence-corrected chi connectivity index (χ2v) is 5.02. The molecule has 0 spiro atoms. The van der Waals surface area contributed by atoms with Crippen LogP contribution in [-0.2, 0) is 4.79 Å². The minimum absolute atomic E-state index is 0.0565. The van der Waals surface area contributed by atoms with E-state index in [9.17, 15) is 19.5 Å². The lowest BCUT2D eigenvalue weighted by molar-refractivity contribution is -0.150. The van der Waals surface area contributed by atoms with Gasteiger partial charge in [0.2, 0.25) is 5.82 Å². The van der Waals surface area contributed by atoms with Gasteiger partial charge in [-0.1, -0.05) is 12.8 Å². The first-order valence-corrected chi connectivity index (χ1v) is 6.12. The van der Waals surface area contributed by atoms with E-state index in [1.165, 1.54) is 0 Å². The molecule has 1 heterocycles. The monoisotopic (exact) mass is 268 g/mol. The second kappa shape index (κ2) is 4.87. The van der Waals surface area contributed by atoms with Crippen molar-refractivity contribution in [3.63, 3.8) is 0 Å². The minimum Gasteiger partial charge on any atom is -0.481 e. The fourth-order valence-electron chi connectivity index (χ4n) is 2.43. The number of aromatic nitrogens is 3. The summed E-state index contributed by atoms with van der Waals surface area (Å²) in [4.78, 5) is 35.9. The third-order valence-corrected chi connectivity index (χ3v) is 3.72. The first-order valence-electron chi connectivity index (χ1n) is 6.12. The van der Waals surface area contributed by atoms with E-state index in [1.807, 2.05) is 4.98 Å². The molecule has 0 aromatic carbocycles. The normalized spacial score (nSPS) is 26.9. The van der Waals surface area contributed by atoms with Gasteiger partial charge in [0.05, 0.1) is 5.41 Å². The van der Waals surface area contributed by atoms with Crippen LogP contribution >= 0.6 is 0 Å². The molecule has 2 atom stereocenters. The van der Waals surface area contributed by atoms with Crippen molar-refractivity contribution in [3.05, 3.63) is 20.8 Å². The van der Waals surface area contributed by atoms with Crippen LogP contribution in [0.15, 0.2) is 9.59 Å².